The van der Waals surface area contributed by atoms with Crippen LogP contribution in [0.3, 0.4) is 0 Å². The molecule has 1 aliphatic rings. The maximum absolute atomic E-state index is 12.2. The number of morpholine rings is 1. The van der Waals surface area contributed by atoms with Crippen molar-refractivity contribution >= 4 is 5.91 Å². The van der Waals surface area contributed by atoms with Gasteiger partial charge in [0.25, 0.3) is 11.8 Å². The van der Waals surface area contributed by atoms with Crippen LogP contribution in [0.2, 0.25) is 0 Å². The second kappa shape index (κ2) is 8.01. The van der Waals surface area contributed by atoms with Gasteiger partial charge >= 0.3 is 0 Å². The summed E-state index contributed by atoms with van der Waals surface area (Å²) in [5.74, 6) is 1.46. The number of carbonyl (C=O) groups excluding carboxylic acids is 1. The zero-order valence-electron chi connectivity index (χ0n) is 14.7. The van der Waals surface area contributed by atoms with Crippen molar-refractivity contribution in [3.63, 3.8) is 0 Å². The summed E-state index contributed by atoms with van der Waals surface area (Å²) >= 11 is 0. The monoisotopic (exact) mass is 365 g/mol. The molecule has 138 valence electrons. The molecule has 2 heterocycles. The Hall–Kier alpha value is -3.19. The van der Waals surface area contributed by atoms with Crippen LogP contribution in [0.25, 0.3) is 22.8 Å². The maximum Gasteiger partial charge on any atom is 0.260 e. The quantitative estimate of drug-likeness (QED) is 0.692. The van der Waals surface area contributed by atoms with E-state index < -0.39 is 0 Å². The van der Waals surface area contributed by atoms with Crippen LogP contribution in [0.15, 0.2) is 59.1 Å². The van der Waals surface area contributed by atoms with Gasteiger partial charge in [-0.15, -0.1) is 0 Å². The highest BCUT2D eigenvalue weighted by molar-refractivity contribution is 5.78. The van der Waals surface area contributed by atoms with Crippen molar-refractivity contribution in [2.75, 3.05) is 32.9 Å². The largest absolute Gasteiger partial charge is 0.484 e. The van der Waals surface area contributed by atoms with E-state index in [9.17, 15) is 4.79 Å². The van der Waals surface area contributed by atoms with Gasteiger partial charge in [-0.05, 0) is 18.2 Å². The Balaban J connectivity index is 1.43. The summed E-state index contributed by atoms with van der Waals surface area (Å²) in [6.07, 6.45) is 0. The van der Waals surface area contributed by atoms with Crippen molar-refractivity contribution in [2.45, 2.75) is 0 Å². The van der Waals surface area contributed by atoms with Crippen molar-refractivity contribution < 1.29 is 18.8 Å². The smallest absolute Gasteiger partial charge is 0.260 e. The number of carbonyl (C=O) groups is 1. The van der Waals surface area contributed by atoms with Gasteiger partial charge in [0.2, 0.25) is 5.82 Å². The zero-order valence-corrected chi connectivity index (χ0v) is 14.7. The van der Waals surface area contributed by atoms with Crippen LogP contribution < -0.4 is 4.74 Å². The second-order valence-corrected chi connectivity index (χ2v) is 6.10. The molecule has 0 N–H and O–H groups in total. The first-order valence-corrected chi connectivity index (χ1v) is 8.77. The number of ether oxygens (including phenoxy) is 2. The van der Waals surface area contributed by atoms with E-state index in [2.05, 4.69) is 10.1 Å². The first kappa shape index (κ1) is 17.2. The summed E-state index contributed by atoms with van der Waals surface area (Å²) < 4.78 is 16.3. The van der Waals surface area contributed by atoms with Gasteiger partial charge < -0.3 is 18.9 Å². The van der Waals surface area contributed by atoms with Gasteiger partial charge in [-0.3, -0.25) is 4.79 Å². The number of hydrogen-bond donors (Lipinski definition) is 0. The van der Waals surface area contributed by atoms with Crippen LogP contribution in [0, 0.1) is 0 Å². The third-order valence-corrected chi connectivity index (χ3v) is 4.27. The molecule has 1 fully saturated rings. The summed E-state index contributed by atoms with van der Waals surface area (Å²) in [6, 6.07) is 16.9. The number of hydrogen-bond acceptors (Lipinski definition) is 6. The SMILES string of the molecule is O=C(COc1cccc(-c2nc(-c3ccccc3)no2)c1)N1CCOCC1. The van der Waals surface area contributed by atoms with Crippen molar-refractivity contribution in [1.29, 1.82) is 0 Å². The molecule has 7 nitrogen and oxygen atoms in total. The molecular weight excluding hydrogens is 346 g/mol. The Morgan fingerprint density at radius 3 is 2.63 bits per heavy atom. The lowest BCUT2D eigenvalue weighted by atomic mass is 10.2. The van der Waals surface area contributed by atoms with Gasteiger partial charge in [0, 0.05) is 24.2 Å². The molecule has 3 aromatic rings. The minimum Gasteiger partial charge on any atom is -0.484 e. The number of rotatable bonds is 5. The molecule has 4 rings (SSSR count). The topological polar surface area (TPSA) is 77.7 Å². The molecule has 0 saturated carbocycles. The highest BCUT2D eigenvalue weighted by Gasteiger charge is 2.17. The number of nitrogens with zero attached hydrogens (tertiary/aromatic N) is 3. The van der Waals surface area contributed by atoms with E-state index in [1.165, 1.54) is 0 Å². The number of aromatic nitrogens is 2. The first-order valence-electron chi connectivity index (χ1n) is 8.77. The lowest BCUT2D eigenvalue weighted by Gasteiger charge is -2.26. The molecule has 0 unspecified atom stereocenters. The fourth-order valence-electron chi connectivity index (χ4n) is 2.81. The Bertz CT molecular complexity index is 904. The molecule has 1 aromatic heterocycles. The van der Waals surface area contributed by atoms with E-state index in [4.69, 9.17) is 14.0 Å². The van der Waals surface area contributed by atoms with Gasteiger partial charge in [-0.1, -0.05) is 41.6 Å². The molecule has 0 aliphatic carbocycles. The molecule has 0 bridgehead atoms. The first-order chi connectivity index (χ1) is 13.3. The highest BCUT2D eigenvalue weighted by Crippen LogP contribution is 2.25. The van der Waals surface area contributed by atoms with Crippen molar-refractivity contribution in [2.24, 2.45) is 0 Å². The summed E-state index contributed by atoms with van der Waals surface area (Å²) in [5.41, 5.74) is 1.62. The Morgan fingerprint density at radius 2 is 1.81 bits per heavy atom. The fourth-order valence-corrected chi connectivity index (χ4v) is 2.81. The minimum atomic E-state index is -0.0483. The molecule has 0 spiro atoms. The van der Waals surface area contributed by atoms with Gasteiger partial charge in [0.1, 0.15) is 5.75 Å². The standard InChI is InChI=1S/C20H19N3O4/c24-18(23-9-11-25-12-10-23)14-26-17-8-4-7-16(13-17)20-21-19(22-27-20)15-5-2-1-3-6-15/h1-8,13H,9-12,14H2. The van der Waals surface area contributed by atoms with Crippen LogP contribution in [0.5, 0.6) is 5.75 Å². The Labute approximate surface area is 156 Å². The maximum atomic E-state index is 12.2. The third kappa shape index (κ3) is 4.15. The van der Waals surface area contributed by atoms with Gasteiger partial charge in [0.05, 0.1) is 13.2 Å². The lowest BCUT2D eigenvalue weighted by molar-refractivity contribution is -0.137. The van der Waals surface area contributed by atoms with E-state index >= 15 is 0 Å². The van der Waals surface area contributed by atoms with E-state index in [1.807, 2.05) is 42.5 Å². The Morgan fingerprint density at radius 1 is 1.04 bits per heavy atom. The van der Waals surface area contributed by atoms with Gasteiger partial charge in [0.15, 0.2) is 6.61 Å². The predicted octanol–water partition coefficient (Wildman–Crippen LogP) is 2.64. The van der Waals surface area contributed by atoms with Gasteiger partial charge in [-0.2, -0.15) is 4.98 Å². The van der Waals surface area contributed by atoms with Crippen LogP contribution in [0.1, 0.15) is 0 Å². The molecule has 0 atom stereocenters. The molecule has 7 heteroatoms. The van der Waals surface area contributed by atoms with Crippen LogP contribution >= 0.6 is 0 Å². The highest BCUT2D eigenvalue weighted by atomic mass is 16.5. The number of benzene rings is 2. The molecule has 27 heavy (non-hydrogen) atoms. The van der Waals surface area contributed by atoms with E-state index in [0.29, 0.717) is 43.8 Å². The van der Waals surface area contributed by atoms with Crippen LogP contribution in [-0.2, 0) is 9.53 Å². The average Bonchev–Trinajstić information content (AvgIpc) is 3.24. The van der Waals surface area contributed by atoms with Crippen molar-refractivity contribution in [3.8, 4) is 28.6 Å². The molecule has 2 aromatic carbocycles. The Kier molecular flexibility index (Phi) is 5.11. The minimum absolute atomic E-state index is 0.0114. The van der Waals surface area contributed by atoms with E-state index in [1.54, 1.807) is 17.0 Å². The molecule has 1 saturated heterocycles. The average molecular weight is 365 g/mol. The fraction of sp³-hybridized carbons (Fsp3) is 0.250. The molecule has 0 radical (unpaired) electrons. The zero-order chi connectivity index (χ0) is 18.5. The van der Waals surface area contributed by atoms with Crippen molar-refractivity contribution in [3.05, 3.63) is 54.6 Å². The summed E-state index contributed by atoms with van der Waals surface area (Å²) in [4.78, 5) is 18.4. The third-order valence-electron chi connectivity index (χ3n) is 4.27. The number of amides is 1. The van der Waals surface area contributed by atoms with E-state index in [0.717, 1.165) is 11.1 Å². The molecule has 1 amide bonds. The normalized spacial score (nSPS) is 14.1. The summed E-state index contributed by atoms with van der Waals surface area (Å²) in [6.45, 7) is 2.34. The van der Waals surface area contributed by atoms with Crippen LogP contribution in [-0.4, -0.2) is 53.9 Å². The van der Waals surface area contributed by atoms with Crippen LogP contribution in [0.4, 0.5) is 0 Å². The molecule has 1 aliphatic heterocycles. The lowest BCUT2D eigenvalue weighted by Crippen LogP contribution is -2.42. The van der Waals surface area contributed by atoms with Gasteiger partial charge in [-0.25, -0.2) is 0 Å². The van der Waals surface area contributed by atoms with Crippen molar-refractivity contribution in [1.82, 2.24) is 15.0 Å². The van der Waals surface area contributed by atoms with E-state index in [-0.39, 0.29) is 12.5 Å². The second-order valence-electron chi connectivity index (χ2n) is 6.10. The summed E-state index contributed by atoms with van der Waals surface area (Å²) in [5, 5.41) is 4.03. The molecular formula is C20H19N3O4. The summed E-state index contributed by atoms with van der Waals surface area (Å²) in [7, 11) is 0. The predicted molar refractivity (Wildman–Crippen MR) is 98.1 cm³/mol.